The Morgan fingerprint density at radius 3 is 2.71 bits per heavy atom. The quantitative estimate of drug-likeness (QED) is 0.843. The van der Waals surface area contributed by atoms with Crippen molar-refractivity contribution in [3.63, 3.8) is 0 Å². The van der Waals surface area contributed by atoms with Crippen molar-refractivity contribution in [1.29, 1.82) is 0 Å². The standard InChI is InChI=1S/C15H16ClN5O3/c16-12-3-1-2-11(18-12)10-24-14-17-5-4-13(19-14)20-6-8-21(9-7-20)15(22)23/h1-5H,6-10H2,(H,22,23). The van der Waals surface area contributed by atoms with Gasteiger partial charge >= 0.3 is 12.1 Å². The van der Waals surface area contributed by atoms with Gasteiger partial charge in [-0.3, -0.25) is 0 Å². The topological polar surface area (TPSA) is 91.7 Å². The van der Waals surface area contributed by atoms with Gasteiger partial charge in [-0.05, 0) is 18.2 Å². The Bertz CT molecular complexity index is 722. The number of nitrogens with zero attached hydrogens (tertiary/aromatic N) is 5. The lowest BCUT2D eigenvalue weighted by molar-refractivity contribution is 0.142. The number of halogens is 1. The van der Waals surface area contributed by atoms with E-state index in [0.717, 1.165) is 0 Å². The van der Waals surface area contributed by atoms with Crippen LogP contribution in [0.5, 0.6) is 6.01 Å². The summed E-state index contributed by atoms with van der Waals surface area (Å²) in [7, 11) is 0. The molecule has 1 saturated heterocycles. The molecule has 0 atom stereocenters. The molecule has 3 heterocycles. The molecule has 0 saturated carbocycles. The number of aromatic nitrogens is 3. The summed E-state index contributed by atoms with van der Waals surface area (Å²) in [5.74, 6) is 0.712. The average molecular weight is 350 g/mol. The first-order chi connectivity index (χ1) is 11.6. The molecular formula is C15H16ClN5O3. The van der Waals surface area contributed by atoms with Crippen molar-refractivity contribution < 1.29 is 14.6 Å². The van der Waals surface area contributed by atoms with Gasteiger partial charge in [0.2, 0.25) is 0 Å². The number of pyridine rings is 1. The van der Waals surface area contributed by atoms with E-state index in [9.17, 15) is 4.79 Å². The second kappa shape index (κ2) is 7.31. The minimum absolute atomic E-state index is 0.219. The molecule has 2 aromatic heterocycles. The highest BCUT2D eigenvalue weighted by atomic mass is 35.5. The fourth-order valence-electron chi connectivity index (χ4n) is 2.37. The van der Waals surface area contributed by atoms with E-state index in [4.69, 9.17) is 21.4 Å². The Labute approximate surface area is 143 Å². The molecule has 126 valence electrons. The fraction of sp³-hybridized carbons (Fsp3) is 0.333. The van der Waals surface area contributed by atoms with Crippen LogP contribution in [0.2, 0.25) is 5.15 Å². The third kappa shape index (κ3) is 4.02. The summed E-state index contributed by atoms with van der Waals surface area (Å²) < 4.78 is 5.56. The van der Waals surface area contributed by atoms with Crippen molar-refractivity contribution in [2.75, 3.05) is 31.1 Å². The minimum Gasteiger partial charge on any atom is -0.465 e. The molecule has 1 amide bonds. The molecule has 1 aliphatic heterocycles. The van der Waals surface area contributed by atoms with E-state index in [-0.39, 0.29) is 12.6 Å². The summed E-state index contributed by atoms with van der Waals surface area (Å²) >= 11 is 5.84. The van der Waals surface area contributed by atoms with E-state index in [1.165, 1.54) is 4.90 Å². The molecule has 0 unspecified atom stereocenters. The van der Waals surface area contributed by atoms with Gasteiger partial charge in [-0.25, -0.2) is 14.8 Å². The number of amides is 1. The normalized spacial score (nSPS) is 14.5. The Kier molecular flexibility index (Phi) is 4.95. The molecule has 24 heavy (non-hydrogen) atoms. The highest BCUT2D eigenvalue weighted by molar-refractivity contribution is 6.29. The van der Waals surface area contributed by atoms with Gasteiger partial charge in [0.1, 0.15) is 17.6 Å². The highest BCUT2D eigenvalue weighted by Gasteiger charge is 2.21. The lowest BCUT2D eigenvalue weighted by atomic mass is 10.3. The van der Waals surface area contributed by atoms with Crippen LogP contribution in [0.25, 0.3) is 0 Å². The zero-order valence-electron chi connectivity index (χ0n) is 12.8. The lowest BCUT2D eigenvalue weighted by Gasteiger charge is -2.33. The van der Waals surface area contributed by atoms with Crippen molar-refractivity contribution in [3.8, 4) is 6.01 Å². The highest BCUT2D eigenvalue weighted by Crippen LogP contribution is 2.16. The Balaban J connectivity index is 1.61. The zero-order valence-corrected chi connectivity index (χ0v) is 13.6. The number of hydrogen-bond acceptors (Lipinski definition) is 6. The predicted octanol–water partition coefficient (Wildman–Crippen LogP) is 1.90. The molecule has 0 aliphatic carbocycles. The van der Waals surface area contributed by atoms with Crippen LogP contribution in [-0.2, 0) is 6.61 Å². The predicted molar refractivity (Wildman–Crippen MR) is 87.4 cm³/mol. The molecule has 3 rings (SSSR count). The maximum atomic E-state index is 10.9. The first-order valence-electron chi connectivity index (χ1n) is 7.42. The minimum atomic E-state index is -0.893. The fourth-order valence-corrected chi connectivity index (χ4v) is 2.55. The summed E-state index contributed by atoms with van der Waals surface area (Å²) in [4.78, 5) is 26.9. The molecule has 1 aliphatic rings. The van der Waals surface area contributed by atoms with Crippen LogP contribution in [0.15, 0.2) is 30.5 Å². The molecule has 0 aromatic carbocycles. The third-order valence-electron chi connectivity index (χ3n) is 3.61. The van der Waals surface area contributed by atoms with E-state index in [0.29, 0.717) is 42.8 Å². The van der Waals surface area contributed by atoms with Crippen molar-refractivity contribution >= 4 is 23.5 Å². The van der Waals surface area contributed by atoms with Gasteiger partial charge in [-0.15, -0.1) is 0 Å². The Morgan fingerprint density at radius 1 is 1.21 bits per heavy atom. The smallest absolute Gasteiger partial charge is 0.407 e. The van der Waals surface area contributed by atoms with Crippen molar-refractivity contribution in [3.05, 3.63) is 41.3 Å². The molecule has 0 spiro atoms. The average Bonchev–Trinajstić information content (AvgIpc) is 2.60. The van der Waals surface area contributed by atoms with E-state index < -0.39 is 6.09 Å². The van der Waals surface area contributed by atoms with Gasteiger partial charge in [0, 0.05) is 32.4 Å². The zero-order chi connectivity index (χ0) is 16.9. The number of hydrogen-bond donors (Lipinski definition) is 1. The molecule has 1 fully saturated rings. The summed E-state index contributed by atoms with van der Waals surface area (Å²) in [5.41, 5.74) is 0.687. The van der Waals surface area contributed by atoms with Gasteiger partial charge in [-0.2, -0.15) is 4.98 Å². The lowest BCUT2D eigenvalue weighted by Crippen LogP contribution is -2.48. The second-order valence-electron chi connectivity index (χ2n) is 5.19. The van der Waals surface area contributed by atoms with Crippen LogP contribution < -0.4 is 9.64 Å². The number of ether oxygens (including phenoxy) is 1. The molecule has 8 nitrogen and oxygen atoms in total. The van der Waals surface area contributed by atoms with Crippen LogP contribution in [0.1, 0.15) is 5.69 Å². The summed E-state index contributed by atoms with van der Waals surface area (Å²) in [5, 5.41) is 9.39. The first kappa shape index (κ1) is 16.3. The summed E-state index contributed by atoms with van der Waals surface area (Å²) in [6.07, 6.45) is 0.725. The number of anilines is 1. The van der Waals surface area contributed by atoms with Crippen LogP contribution in [-0.4, -0.2) is 57.2 Å². The monoisotopic (exact) mass is 349 g/mol. The molecule has 1 N–H and O–H groups in total. The van der Waals surface area contributed by atoms with E-state index in [1.54, 1.807) is 30.5 Å². The van der Waals surface area contributed by atoms with Gasteiger partial charge in [0.15, 0.2) is 0 Å². The van der Waals surface area contributed by atoms with Crippen LogP contribution in [0.3, 0.4) is 0 Å². The van der Waals surface area contributed by atoms with Crippen LogP contribution >= 0.6 is 11.6 Å². The van der Waals surface area contributed by atoms with Crippen LogP contribution in [0, 0.1) is 0 Å². The largest absolute Gasteiger partial charge is 0.465 e. The first-order valence-corrected chi connectivity index (χ1v) is 7.80. The van der Waals surface area contributed by atoms with Crippen molar-refractivity contribution in [2.45, 2.75) is 6.61 Å². The summed E-state index contributed by atoms with van der Waals surface area (Å²) in [6, 6.07) is 7.32. The molecule has 2 aromatic rings. The van der Waals surface area contributed by atoms with Gasteiger partial charge in [-0.1, -0.05) is 17.7 Å². The van der Waals surface area contributed by atoms with Gasteiger partial charge in [0.05, 0.1) is 5.69 Å². The third-order valence-corrected chi connectivity index (χ3v) is 3.83. The van der Waals surface area contributed by atoms with E-state index >= 15 is 0 Å². The number of carbonyl (C=O) groups is 1. The number of rotatable bonds is 4. The van der Waals surface area contributed by atoms with Crippen molar-refractivity contribution in [2.24, 2.45) is 0 Å². The SMILES string of the molecule is O=C(O)N1CCN(c2ccnc(OCc3cccc(Cl)n3)n2)CC1. The maximum absolute atomic E-state index is 10.9. The van der Waals surface area contributed by atoms with Gasteiger partial charge < -0.3 is 19.6 Å². The molecule has 9 heteroatoms. The number of piperazine rings is 1. The summed E-state index contributed by atoms with van der Waals surface area (Å²) in [6.45, 7) is 2.28. The molecular weight excluding hydrogens is 334 g/mol. The van der Waals surface area contributed by atoms with E-state index in [1.807, 2.05) is 4.90 Å². The maximum Gasteiger partial charge on any atom is 0.407 e. The number of carboxylic acid groups (broad SMARTS) is 1. The second-order valence-corrected chi connectivity index (χ2v) is 5.58. The van der Waals surface area contributed by atoms with Crippen molar-refractivity contribution in [1.82, 2.24) is 19.9 Å². The van der Waals surface area contributed by atoms with Gasteiger partial charge in [0.25, 0.3) is 0 Å². The Hall–Kier alpha value is -2.61. The molecule has 0 radical (unpaired) electrons. The molecule has 0 bridgehead atoms. The van der Waals surface area contributed by atoms with E-state index in [2.05, 4.69) is 15.0 Å². The Morgan fingerprint density at radius 2 is 2.00 bits per heavy atom. The van der Waals surface area contributed by atoms with Crippen LogP contribution in [0.4, 0.5) is 10.6 Å².